The van der Waals surface area contributed by atoms with Crippen LogP contribution in [0.4, 0.5) is 13.2 Å². The van der Waals surface area contributed by atoms with Gasteiger partial charge >= 0.3 is 12.1 Å². The van der Waals surface area contributed by atoms with Gasteiger partial charge in [0.1, 0.15) is 5.75 Å². The normalized spacial score (nSPS) is 19.7. The Balaban J connectivity index is 2.09. The minimum Gasteiger partial charge on any atom is -0.480 e. The Morgan fingerprint density at radius 2 is 2.04 bits per heavy atom. The minimum absolute atomic E-state index is 0.0363. The number of benzene rings is 1. The average molecular weight is 347 g/mol. The van der Waals surface area contributed by atoms with Gasteiger partial charge in [-0.15, -0.1) is 0 Å². The summed E-state index contributed by atoms with van der Waals surface area (Å²) >= 11 is 0. The fourth-order valence-corrected chi connectivity index (χ4v) is 2.30. The minimum atomic E-state index is -4.60. The zero-order valence-electron chi connectivity index (χ0n) is 12.7. The first-order chi connectivity index (χ1) is 11.2. The predicted octanol–water partition coefficient (Wildman–Crippen LogP) is 1.78. The molecule has 0 spiro atoms. The van der Waals surface area contributed by atoms with E-state index >= 15 is 0 Å². The molecule has 132 valence electrons. The van der Waals surface area contributed by atoms with Gasteiger partial charge < -0.3 is 19.5 Å². The Kier molecular flexibility index (Phi) is 5.33. The second-order valence-electron chi connectivity index (χ2n) is 5.24. The summed E-state index contributed by atoms with van der Waals surface area (Å²) in [5.74, 6) is -2.25. The van der Waals surface area contributed by atoms with Crippen LogP contribution in [0.3, 0.4) is 0 Å². The smallest absolute Gasteiger partial charge is 0.419 e. The van der Waals surface area contributed by atoms with E-state index in [-0.39, 0.29) is 19.7 Å². The number of carbonyl (C=O) groups excluding carboxylic acids is 1. The zero-order chi connectivity index (χ0) is 17.9. The molecule has 1 amide bonds. The molecule has 1 N–H and O–H groups in total. The standard InChI is InChI=1S/C15H16F3NO5/c1-9(13(20)19-6-7-23-12(8-19)14(21)22)24-11-5-3-2-4-10(11)15(16,17)18/h2-5,9,12H,6-8H2,1H3,(H,21,22)/t9-,12+/m1/s1. The van der Waals surface area contributed by atoms with E-state index in [9.17, 15) is 22.8 Å². The summed E-state index contributed by atoms with van der Waals surface area (Å²) < 4.78 is 49.0. The number of carboxylic acid groups (broad SMARTS) is 1. The summed E-state index contributed by atoms with van der Waals surface area (Å²) in [5.41, 5.74) is -0.977. The molecule has 1 aliphatic rings. The van der Waals surface area contributed by atoms with E-state index in [0.717, 1.165) is 12.1 Å². The maximum atomic E-state index is 12.9. The highest BCUT2D eigenvalue weighted by Crippen LogP contribution is 2.36. The third-order valence-corrected chi connectivity index (χ3v) is 3.50. The van der Waals surface area contributed by atoms with E-state index in [4.69, 9.17) is 14.6 Å². The van der Waals surface area contributed by atoms with E-state index in [1.54, 1.807) is 0 Å². The molecule has 0 unspecified atom stereocenters. The molecular formula is C15H16F3NO5. The Morgan fingerprint density at radius 1 is 1.38 bits per heavy atom. The maximum Gasteiger partial charge on any atom is 0.419 e. The van der Waals surface area contributed by atoms with Gasteiger partial charge in [0.25, 0.3) is 5.91 Å². The molecule has 2 atom stereocenters. The quantitative estimate of drug-likeness (QED) is 0.899. The molecule has 0 aliphatic carbocycles. The summed E-state index contributed by atoms with van der Waals surface area (Å²) in [4.78, 5) is 24.4. The number of hydrogen-bond donors (Lipinski definition) is 1. The molecule has 0 aromatic heterocycles. The molecule has 0 saturated carbocycles. The number of halogens is 3. The summed E-state index contributed by atoms with van der Waals surface area (Å²) in [7, 11) is 0. The highest BCUT2D eigenvalue weighted by Gasteiger charge is 2.36. The van der Waals surface area contributed by atoms with Gasteiger partial charge in [-0.05, 0) is 19.1 Å². The number of ether oxygens (including phenoxy) is 2. The Labute approximate surface area is 135 Å². The molecule has 0 radical (unpaired) electrons. The Morgan fingerprint density at radius 3 is 2.67 bits per heavy atom. The molecule has 1 heterocycles. The summed E-state index contributed by atoms with van der Waals surface area (Å²) in [6.45, 7) is 1.33. The maximum absolute atomic E-state index is 12.9. The molecule has 1 aliphatic heterocycles. The number of amides is 1. The van der Waals surface area contributed by atoms with Gasteiger partial charge in [0, 0.05) is 6.54 Å². The summed E-state index contributed by atoms with van der Waals surface area (Å²) in [6, 6.07) is 4.59. The topological polar surface area (TPSA) is 76.1 Å². The summed E-state index contributed by atoms with van der Waals surface area (Å²) in [5, 5.41) is 8.92. The van der Waals surface area contributed by atoms with Crippen LogP contribution in [0, 0.1) is 0 Å². The monoisotopic (exact) mass is 347 g/mol. The van der Waals surface area contributed by atoms with Crippen LogP contribution in [0.5, 0.6) is 5.75 Å². The van der Waals surface area contributed by atoms with Gasteiger partial charge in [0.2, 0.25) is 0 Å². The lowest BCUT2D eigenvalue weighted by Crippen LogP contribution is -2.51. The third-order valence-electron chi connectivity index (χ3n) is 3.50. The number of rotatable bonds is 4. The van der Waals surface area contributed by atoms with Crippen molar-refractivity contribution in [3.8, 4) is 5.75 Å². The number of para-hydroxylation sites is 1. The number of aliphatic carboxylic acids is 1. The van der Waals surface area contributed by atoms with E-state index < -0.39 is 41.6 Å². The lowest BCUT2D eigenvalue weighted by atomic mass is 10.2. The molecule has 1 saturated heterocycles. The van der Waals surface area contributed by atoms with Crippen LogP contribution in [-0.4, -0.2) is 53.8 Å². The number of morpholine rings is 1. The first-order valence-corrected chi connectivity index (χ1v) is 7.16. The number of nitrogens with zero attached hydrogens (tertiary/aromatic N) is 1. The van der Waals surface area contributed by atoms with Gasteiger partial charge in [-0.1, -0.05) is 12.1 Å². The van der Waals surface area contributed by atoms with Crippen molar-refractivity contribution in [1.29, 1.82) is 0 Å². The molecular weight excluding hydrogens is 331 g/mol. The van der Waals surface area contributed by atoms with Gasteiger partial charge in [0.05, 0.1) is 18.7 Å². The molecule has 6 nitrogen and oxygen atoms in total. The van der Waals surface area contributed by atoms with Crippen molar-refractivity contribution in [2.75, 3.05) is 19.7 Å². The second kappa shape index (κ2) is 7.08. The van der Waals surface area contributed by atoms with Gasteiger partial charge in [-0.3, -0.25) is 4.79 Å². The van der Waals surface area contributed by atoms with Crippen molar-refractivity contribution >= 4 is 11.9 Å². The first-order valence-electron chi connectivity index (χ1n) is 7.16. The Bertz CT molecular complexity index is 619. The van der Waals surface area contributed by atoms with E-state index in [1.165, 1.54) is 24.0 Å². The average Bonchev–Trinajstić information content (AvgIpc) is 2.53. The van der Waals surface area contributed by atoms with Gasteiger partial charge in [-0.25, -0.2) is 4.79 Å². The largest absolute Gasteiger partial charge is 0.480 e. The Hall–Kier alpha value is -2.29. The van der Waals surface area contributed by atoms with Crippen molar-refractivity contribution in [2.45, 2.75) is 25.3 Å². The molecule has 1 aromatic rings. The van der Waals surface area contributed by atoms with Crippen LogP contribution >= 0.6 is 0 Å². The number of carbonyl (C=O) groups is 2. The van der Waals surface area contributed by atoms with Crippen molar-refractivity contribution in [3.05, 3.63) is 29.8 Å². The molecule has 1 fully saturated rings. The lowest BCUT2D eigenvalue weighted by molar-refractivity contribution is -0.161. The van der Waals surface area contributed by atoms with Crippen LogP contribution in [0.1, 0.15) is 12.5 Å². The predicted molar refractivity (Wildman–Crippen MR) is 75.5 cm³/mol. The van der Waals surface area contributed by atoms with Crippen LogP contribution in [0.2, 0.25) is 0 Å². The fraction of sp³-hybridized carbons (Fsp3) is 0.467. The zero-order valence-corrected chi connectivity index (χ0v) is 12.7. The molecule has 24 heavy (non-hydrogen) atoms. The number of hydrogen-bond acceptors (Lipinski definition) is 4. The highest BCUT2D eigenvalue weighted by molar-refractivity contribution is 5.82. The summed E-state index contributed by atoms with van der Waals surface area (Å²) in [6.07, 6.45) is -6.95. The van der Waals surface area contributed by atoms with Crippen LogP contribution in [-0.2, 0) is 20.5 Å². The molecule has 2 rings (SSSR count). The van der Waals surface area contributed by atoms with Crippen molar-refractivity contribution < 1.29 is 37.3 Å². The second-order valence-corrected chi connectivity index (χ2v) is 5.24. The number of alkyl halides is 3. The number of carboxylic acids is 1. The van der Waals surface area contributed by atoms with Crippen LogP contribution in [0.25, 0.3) is 0 Å². The fourth-order valence-electron chi connectivity index (χ4n) is 2.30. The van der Waals surface area contributed by atoms with Crippen molar-refractivity contribution in [3.63, 3.8) is 0 Å². The molecule has 1 aromatic carbocycles. The lowest BCUT2D eigenvalue weighted by Gasteiger charge is -2.32. The van der Waals surface area contributed by atoms with Crippen LogP contribution < -0.4 is 4.74 Å². The van der Waals surface area contributed by atoms with Crippen molar-refractivity contribution in [1.82, 2.24) is 4.90 Å². The van der Waals surface area contributed by atoms with E-state index in [2.05, 4.69) is 0 Å². The van der Waals surface area contributed by atoms with Gasteiger partial charge in [-0.2, -0.15) is 13.2 Å². The molecule has 9 heteroatoms. The van der Waals surface area contributed by atoms with Crippen LogP contribution in [0.15, 0.2) is 24.3 Å². The first kappa shape index (κ1) is 18.1. The van der Waals surface area contributed by atoms with E-state index in [1.807, 2.05) is 0 Å². The molecule has 0 bridgehead atoms. The highest BCUT2D eigenvalue weighted by atomic mass is 19.4. The SMILES string of the molecule is C[C@@H](Oc1ccccc1C(F)(F)F)C(=O)N1CCO[C@H](C(=O)O)C1. The van der Waals surface area contributed by atoms with Crippen molar-refractivity contribution in [2.24, 2.45) is 0 Å². The third kappa shape index (κ3) is 4.16. The van der Waals surface area contributed by atoms with Gasteiger partial charge in [0.15, 0.2) is 12.2 Å². The van der Waals surface area contributed by atoms with E-state index in [0.29, 0.717) is 0 Å².